The van der Waals surface area contributed by atoms with E-state index in [1.807, 2.05) is 36.4 Å². The average molecular weight is 344 g/mol. The Kier molecular flexibility index (Phi) is 3.88. The Bertz CT molecular complexity index is 833. The van der Waals surface area contributed by atoms with Crippen LogP contribution < -0.4 is 0 Å². The molecule has 0 spiro atoms. The normalized spacial score (nSPS) is 21.0. The average Bonchev–Trinajstić information content (AvgIpc) is 2.57. The van der Waals surface area contributed by atoms with E-state index >= 15 is 0 Å². The fourth-order valence-electron chi connectivity index (χ4n) is 3.47. The summed E-state index contributed by atoms with van der Waals surface area (Å²) in [5, 5.41) is 0.643. The highest BCUT2D eigenvalue weighted by Crippen LogP contribution is 2.43. The minimum atomic E-state index is -1.16. The van der Waals surface area contributed by atoms with Crippen molar-refractivity contribution in [2.24, 2.45) is 0 Å². The summed E-state index contributed by atoms with van der Waals surface area (Å²) in [4.78, 5) is 4.11. The number of hydrogen-bond donors (Lipinski definition) is 0. The van der Waals surface area contributed by atoms with Crippen LogP contribution in [0.2, 0.25) is 5.02 Å². The van der Waals surface area contributed by atoms with Crippen molar-refractivity contribution >= 4 is 28.0 Å². The number of fused-ring (bicyclic) bond motifs is 2. The molecule has 2 aliphatic heterocycles. The van der Waals surface area contributed by atoms with Gasteiger partial charge in [0.25, 0.3) is 0 Å². The van der Waals surface area contributed by atoms with E-state index in [2.05, 4.69) is 18.0 Å². The van der Waals surface area contributed by atoms with Gasteiger partial charge in [0.1, 0.15) is 0 Å². The van der Waals surface area contributed by atoms with Gasteiger partial charge < -0.3 is 4.90 Å². The summed E-state index contributed by atoms with van der Waals surface area (Å²) >= 11 is 6.16. The van der Waals surface area contributed by atoms with E-state index in [1.165, 1.54) is 11.1 Å². The Balaban J connectivity index is 1.98. The second kappa shape index (κ2) is 5.90. The molecule has 1 atom stereocenters. The van der Waals surface area contributed by atoms with Crippen LogP contribution in [0.5, 0.6) is 0 Å². The second-order valence-corrected chi connectivity index (χ2v) is 8.04. The van der Waals surface area contributed by atoms with Gasteiger partial charge in [0.15, 0.2) is 0 Å². The quantitative estimate of drug-likeness (QED) is 0.605. The molecule has 1 saturated heterocycles. The maximum atomic E-state index is 13.0. The number of halogens is 1. The predicted molar refractivity (Wildman–Crippen MR) is 95.3 cm³/mol. The van der Waals surface area contributed by atoms with Crippen molar-refractivity contribution in [3.05, 3.63) is 64.2 Å². The highest BCUT2D eigenvalue weighted by Gasteiger charge is 2.28. The van der Waals surface area contributed by atoms with Crippen LogP contribution in [0, 0.1) is 0 Å². The number of likely N-dealkylation sites (tertiary alicyclic amines) is 1. The van der Waals surface area contributed by atoms with E-state index < -0.39 is 10.8 Å². The van der Waals surface area contributed by atoms with E-state index in [0.29, 0.717) is 5.02 Å². The van der Waals surface area contributed by atoms with Crippen LogP contribution in [0.4, 0.5) is 0 Å². The Hall–Kier alpha value is -1.42. The van der Waals surface area contributed by atoms with Crippen molar-refractivity contribution < 1.29 is 4.21 Å². The number of hydrogen-bond acceptors (Lipinski definition) is 2. The molecule has 2 aliphatic rings. The Morgan fingerprint density at radius 2 is 1.70 bits per heavy atom. The van der Waals surface area contributed by atoms with Gasteiger partial charge in [0, 0.05) is 18.1 Å². The Labute approximate surface area is 144 Å². The van der Waals surface area contributed by atoms with E-state index in [1.54, 1.807) is 0 Å². The SMILES string of the molecule is CN1CCC(=C2c3ccccc3S(=O)c3cc(Cl)ccc32)CC1. The molecule has 23 heavy (non-hydrogen) atoms. The largest absolute Gasteiger partial charge is 0.306 e. The van der Waals surface area contributed by atoms with Crippen molar-refractivity contribution in [2.75, 3.05) is 20.1 Å². The molecule has 2 heterocycles. The summed E-state index contributed by atoms with van der Waals surface area (Å²) in [6, 6.07) is 13.9. The van der Waals surface area contributed by atoms with Gasteiger partial charge in [0.2, 0.25) is 0 Å². The molecule has 2 nitrogen and oxygen atoms in total. The smallest absolute Gasteiger partial charge is 0.0862 e. The molecular formula is C19H18ClNOS. The molecule has 0 saturated carbocycles. The molecule has 1 fully saturated rings. The fraction of sp³-hybridized carbons (Fsp3) is 0.263. The van der Waals surface area contributed by atoms with E-state index in [-0.39, 0.29) is 0 Å². The van der Waals surface area contributed by atoms with Crippen LogP contribution in [-0.4, -0.2) is 29.2 Å². The lowest BCUT2D eigenvalue weighted by molar-refractivity contribution is 0.313. The first-order valence-corrected chi connectivity index (χ1v) is 9.39. The van der Waals surface area contributed by atoms with Gasteiger partial charge in [-0.2, -0.15) is 0 Å². The molecule has 0 N–H and O–H groups in total. The number of piperidine rings is 1. The van der Waals surface area contributed by atoms with Crippen LogP contribution in [0.15, 0.2) is 57.8 Å². The minimum Gasteiger partial charge on any atom is -0.306 e. The third kappa shape index (κ3) is 2.57. The van der Waals surface area contributed by atoms with Crippen molar-refractivity contribution in [2.45, 2.75) is 22.6 Å². The van der Waals surface area contributed by atoms with E-state index in [0.717, 1.165) is 46.8 Å². The molecule has 0 radical (unpaired) electrons. The van der Waals surface area contributed by atoms with Crippen molar-refractivity contribution in [3.63, 3.8) is 0 Å². The molecule has 0 amide bonds. The summed E-state index contributed by atoms with van der Waals surface area (Å²) in [6.07, 6.45) is 2.13. The molecule has 2 aromatic rings. The van der Waals surface area contributed by atoms with Crippen LogP contribution in [0.25, 0.3) is 5.57 Å². The van der Waals surface area contributed by atoms with Gasteiger partial charge in [-0.15, -0.1) is 0 Å². The van der Waals surface area contributed by atoms with E-state index in [4.69, 9.17) is 11.6 Å². The molecule has 0 aromatic heterocycles. The number of nitrogens with zero attached hydrogens (tertiary/aromatic N) is 1. The molecule has 4 rings (SSSR count). The third-order valence-corrected chi connectivity index (χ3v) is 6.44. The summed E-state index contributed by atoms with van der Waals surface area (Å²) in [5.74, 6) is 0. The maximum Gasteiger partial charge on any atom is 0.0862 e. The van der Waals surface area contributed by atoms with Gasteiger partial charge >= 0.3 is 0 Å². The summed E-state index contributed by atoms with van der Waals surface area (Å²) in [5.41, 5.74) is 4.96. The lowest BCUT2D eigenvalue weighted by Crippen LogP contribution is -2.27. The van der Waals surface area contributed by atoms with Gasteiger partial charge in [0.05, 0.1) is 20.6 Å². The second-order valence-electron chi connectivity index (χ2n) is 6.19. The predicted octanol–water partition coefficient (Wildman–Crippen LogP) is 4.35. The van der Waals surface area contributed by atoms with Gasteiger partial charge in [-0.25, -0.2) is 4.21 Å². The molecule has 1 unspecified atom stereocenters. The summed E-state index contributed by atoms with van der Waals surface area (Å²) < 4.78 is 13.0. The molecular weight excluding hydrogens is 326 g/mol. The van der Waals surface area contributed by atoms with Crippen LogP contribution >= 0.6 is 11.6 Å². The first-order chi connectivity index (χ1) is 11.1. The highest BCUT2D eigenvalue weighted by molar-refractivity contribution is 7.85. The van der Waals surface area contributed by atoms with Crippen LogP contribution in [0.3, 0.4) is 0 Å². The molecule has 118 valence electrons. The van der Waals surface area contributed by atoms with Gasteiger partial charge in [-0.3, -0.25) is 0 Å². The lowest BCUT2D eigenvalue weighted by atomic mass is 9.88. The summed E-state index contributed by atoms with van der Waals surface area (Å²) in [7, 11) is 1.00. The monoisotopic (exact) mass is 343 g/mol. The summed E-state index contributed by atoms with van der Waals surface area (Å²) in [6.45, 7) is 2.15. The topological polar surface area (TPSA) is 20.3 Å². The van der Waals surface area contributed by atoms with Crippen molar-refractivity contribution in [3.8, 4) is 0 Å². The molecule has 2 aromatic carbocycles. The number of benzene rings is 2. The van der Waals surface area contributed by atoms with Crippen LogP contribution in [-0.2, 0) is 10.8 Å². The highest BCUT2D eigenvalue weighted by atomic mass is 35.5. The molecule has 0 aliphatic carbocycles. The van der Waals surface area contributed by atoms with Crippen molar-refractivity contribution in [1.29, 1.82) is 0 Å². The van der Waals surface area contributed by atoms with Gasteiger partial charge in [-0.1, -0.05) is 41.4 Å². The first-order valence-electron chi connectivity index (χ1n) is 7.87. The minimum absolute atomic E-state index is 0.643. The Morgan fingerprint density at radius 1 is 1.00 bits per heavy atom. The van der Waals surface area contributed by atoms with Crippen molar-refractivity contribution in [1.82, 2.24) is 4.90 Å². The Morgan fingerprint density at radius 3 is 2.48 bits per heavy atom. The fourth-order valence-corrected chi connectivity index (χ4v) is 5.12. The lowest BCUT2D eigenvalue weighted by Gasteiger charge is -2.30. The molecule has 4 heteroatoms. The van der Waals surface area contributed by atoms with E-state index in [9.17, 15) is 4.21 Å². The third-order valence-electron chi connectivity index (χ3n) is 4.71. The first kappa shape index (κ1) is 15.1. The standard InChI is InChI=1S/C19H18ClNOS/c1-21-10-8-13(9-11-21)19-15-4-2-3-5-17(15)23(22)18-12-14(20)6-7-16(18)19/h2-7,12H,8-11H2,1H3. The zero-order valence-corrected chi connectivity index (χ0v) is 14.6. The van der Waals surface area contributed by atoms with Gasteiger partial charge in [-0.05, 0) is 54.8 Å². The molecule has 0 bridgehead atoms. The zero-order valence-electron chi connectivity index (χ0n) is 13.0. The zero-order chi connectivity index (χ0) is 16.0. The van der Waals surface area contributed by atoms with Crippen LogP contribution in [0.1, 0.15) is 24.0 Å². The maximum absolute atomic E-state index is 13.0. The number of rotatable bonds is 0.